The molecule has 2 heterocycles. The zero-order valence-electron chi connectivity index (χ0n) is 13.7. The van der Waals surface area contributed by atoms with Crippen LogP contribution in [0.4, 0.5) is 10.3 Å². The van der Waals surface area contributed by atoms with Crippen LogP contribution in [0.15, 0.2) is 36.4 Å². The number of hydrogen-bond donors (Lipinski definition) is 2. The molecule has 0 fully saturated rings. The predicted molar refractivity (Wildman–Crippen MR) is 89.8 cm³/mol. The molecule has 130 valence electrons. The van der Waals surface area contributed by atoms with Gasteiger partial charge in [0, 0.05) is 30.3 Å². The Morgan fingerprint density at radius 1 is 1.23 bits per heavy atom. The Morgan fingerprint density at radius 2 is 2.08 bits per heavy atom. The number of amides is 2. The van der Waals surface area contributed by atoms with E-state index in [0.717, 1.165) is 5.56 Å². The Balaban J connectivity index is 1.68. The van der Waals surface area contributed by atoms with E-state index in [1.54, 1.807) is 25.2 Å². The van der Waals surface area contributed by atoms with E-state index in [0.29, 0.717) is 17.7 Å². The van der Waals surface area contributed by atoms with Gasteiger partial charge < -0.3 is 5.32 Å². The highest BCUT2D eigenvalue weighted by molar-refractivity contribution is 6.04. The van der Waals surface area contributed by atoms with E-state index in [1.807, 2.05) is 0 Å². The fraction of sp³-hybridized carbons (Fsp3) is 0.118. The molecule has 1 aliphatic rings. The van der Waals surface area contributed by atoms with E-state index in [1.165, 1.54) is 22.9 Å². The number of carbonyl (C=O) groups excluding carboxylic acids is 2. The number of tetrazole rings is 1. The van der Waals surface area contributed by atoms with Gasteiger partial charge >= 0.3 is 0 Å². The number of aromatic nitrogens is 4. The zero-order valence-corrected chi connectivity index (χ0v) is 13.7. The lowest BCUT2D eigenvalue weighted by atomic mass is 9.98. The molecule has 0 radical (unpaired) electrons. The molecular weight excluding hydrogens is 339 g/mol. The number of aryl methyl sites for hydroxylation is 1. The van der Waals surface area contributed by atoms with Gasteiger partial charge in [-0.1, -0.05) is 11.2 Å². The first-order valence-corrected chi connectivity index (χ1v) is 7.77. The highest BCUT2D eigenvalue weighted by Crippen LogP contribution is 2.28. The van der Waals surface area contributed by atoms with E-state index in [2.05, 4.69) is 26.2 Å². The molecule has 26 heavy (non-hydrogen) atoms. The molecular formula is C17H13FN6O2. The van der Waals surface area contributed by atoms with Gasteiger partial charge in [-0.25, -0.2) is 9.07 Å². The van der Waals surface area contributed by atoms with Crippen LogP contribution in [0, 0.1) is 5.82 Å². The number of fused-ring (bicyclic) bond motifs is 1. The van der Waals surface area contributed by atoms with Crippen molar-refractivity contribution >= 4 is 17.8 Å². The van der Waals surface area contributed by atoms with Crippen LogP contribution in [0.5, 0.6) is 0 Å². The minimum absolute atomic E-state index is 0.141. The van der Waals surface area contributed by atoms with E-state index in [9.17, 15) is 14.0 Å². The minimum atomic E-state index is -0.459. The lowest BCUT2D eigenvalue weighted by Gasteiger charge is -2.09. The fourth-order valence-electron chi connectivity index (χ4n) is 2.80. The first kappa shape index (κ1) is 15.9. The van der Waals surface area contributed by atoms with Gasteiger partial charge in [0.25, 0.3) is 11.8 Å². The second kappa shape index (κ2) is 6.03. The van der Waals surface area contributed by atoms with Crippen molar-refractivity contribution in [2.75, 3.05) is 5.32 Å². The summed E-state index contributed by atoms with van der Waals surface area (Å²) in [6.45, 7) is 0.406. The monoisotopic (exact) mass is 352 g/mol. The summed E-state index contributed by atoms with van der Waals surface area (Å²) in [7, 11) is 1.59. The van der Waals surface area contributed by atoms with Crippen molar-refractivity contribution < 1.29 is 14.0 Å². The molecule has 2 aromatic carbocycles. The summed E-state index contributed by atoms with van der Waals surface area (Å²) in [5.74, 6) is -0.873. The second-order valence-electron chi connectivity index (χ2n) is 5.83. The van der Waals surface area contributed by atoms with Gasteiger partial charge in [0.15, 0.2) is 0 Å². The average Bonchev–Trinajstić information content (AvgIpc) is 3.21. The number of anilines is 1. The largest absolute Gasteiger partial charge is 0.348 e. The Kier molecular flexibility index (Phi) is 3.68. The van der Waals surface area contributed by atoms with Crippen LogP contribution in [0.2, 0.25) is 0 Å². The fourth-order valence-corrected chi connectivity index (χ4v) is 2.80. The molecule has 0 unspecified atom stereocenters. The topological polar surface area (TPSA) is 102 Å². The van der Waals surface area contributed by atoms with E-state index in [-0.39, 0.29) is 23.0 Å². The highest BCUT2D eigenvalue weighted by atomic mass is 19.1. The van der Waals surface area contributed by atoms with Crippen LogP contribution in [0.3, 0.4) is 0 Å². The normalized spacial score (nSPS) is 12.6. The SMILES string of the molecule is Cn1nnnc1NC(=O)c1ccc(F)c(-c2ccc3c(c2)CNC3=O)c1. The summed E-state index contributed by atoms with van der Waals surface area (Å²) in [5.41, 5.74) is 2.51. The summed E-state index contributed by atoms with van der Waals surface area (Å²) in [6.07, 6.45) is 0. The number of hydrogen-bond acceptors (Lipinski definition) is 5. The molecule has 3 aromatic rings. The molecule has 1 aromatic heterocycles. The third-order valence-electron chi connectivity index (χ3n) is 4.17. The summed E-state index contributed by atoms with van der Waals surface area (Å²) in [5, 5.41) is 16.0. The van der Waals surface area contributed by atoms with Gasteiger partial charge in [0.05, 0.1) is 0 Å². The number of carbonyl (C=O) groups is 2. The maximum atomic E-state index is 14.3. The number of rotatable bonds is 3. The molecule has 0 aliphatic carbocycles. The quantitative estimate of drug-likeness (QED) is 0.744. The first-order chi connectivity index (χ1) is 12.5. The van der Waals surface area contributed by atoms with Crippen molar-refractivity contribution in [2.24, 2.45) is 7.05 Å². The molecule has 0 spiro atoms. The Labute approximate surface area is 147 Å². The average molecular weight is 352 g/mol. The molecule has 1 aliphatic heterocycles. The minimum Gasteiger partial charge on any atom is -0.348 e. The van der Waals surface area contributed by atoms with Crippen molar-refractivity contribution in [3.63, 3.8) is 0 Å². The van der Waals surface area contributed by atoms with Crippen molar-refractivity contribution in [3.05, 3.63) is 58.9 Å². The van der Waals surface area contributed by atoms with Crippen molar-refractivity contribution in [1.82, 2.24) is 25.5 Å². The summed E-state index contributed by atoms with van der Waals surface area (Å²) in [6, 6.07) is 9.15. The molecule has 0 bridgehead atoms. The molecule has 0 saturated heterocycles. The highest BCUT2D eigenvalue weighted by Gasteiger charge is 2.20. The van der Waals surface area contributed by atoms with Gasteiger partial charge in [-0.15, -0.1) is 0 Å². The van der Waals surface area contributed by atoms with Crippen LogP contribution in [-0.2, 0) is 13.6 Å². The Hall–Kier alpha value is -3.62. The van der Waals surface area contributed by atoms with Crippen molar-refractivity contribution in [3.8, 4) is 11.1 Å². The van der Waals surface area contributed by atoms with E-state index >= 15 is 0 Å². The Morgan fingerprint density at radius 3 is 2.85 bits per heavy atom. The number of nitrogens with one attached hydrogen (secondary N) is 2. The van der Waals surface area contributed by atoms with E-state index in [4.69, 9.17) is 0 Å². The molecule has 4 rings (SSSR count). The zero-order chi connectivity index (χ0) is 18.3. The van der Waals surface area contributed by atoms with Crippen LogP contribution in [0.1, 0.15) is 26.3 Å². The summed E-state index contributed by atoms with van der Waals surface area (Å²) in [4.78, 5) is 24.0. The molecule has 0 atom stereocenters. The van der Waals surface area contributed by atoms with Crippen molar-refractivity contribution in [2.45, 2.75) is 6.54 Å². The summed E-state index contributed by atoms with van der Waals surface area (Å²) >= 11 is 0. The van der Waals surface area contributed by atoms with Gasteiger partial charge in [0.2, 0.25) is 5.95 Å². The standard InChI is InChI=1S/C17H13FN6O2/c1-24-17(21-22-23-24)20-15(25)10-3-5-14(18)13(7-10)9-2-4-12-11(6-9)8-19-16(12)26/h2-7H,8H2,1H3,(H,19,26)(H,20,21,23,25). The number of halogens is 1. The molecule has 8 nitrogen and oxygen atoms in total. The maximum Gasteiger partial charge on any atom is 0.258 e. The van der Waals surface area contributed by atoms with Crippen LogP contribution < -0.4 is 10.6 Å². The van der Waals surface area contributed by atoms with Crippen molar-refractivity contribution in [1.29, 1.82) is 0 Å². The molecule has 0 saturated carbocycles. The van der Waals surface area contributed by atoms with Gasteiger partial charge in [-0.05, 0) is 51.9 Å². The third kappa shape index (κ3) is 2.69. The molecule has 2 N–H and O–H groups in total. The number of benzene rings is 2. The molecule has 2 amide bonds. The maximum absolute atomic E-state index is 14.3. The van der Waals surface area contributed by atoms with Gasteiger partial charge in [0.1, 0.15) is 5.82 Å². The summed E-state index contributed by atoms with van der Waals surface area (Å²) < 4.78 is 15.7. The van der Waals surface area contributed by atoms with Crippen LogP contribution >= 0.6 is 0 Å². The third-order valence-corrected chi connectivity index (χ3v) is 4.17. The predicted octanol–water partition coefficient (Wildman–Crippen LogP) is 1.51. The first-order valence-electron chi connectivity index (χ1n) is 7.77. The second-order valence-corrected chi connectivity index (χ2v) is 5.83. The molecule has 9 heteroatoms. The lowest BCUT2D eigenvalue weighted by molar-refractivity contribution is 0.0964. The number of nitrogens with zero attached hydrogens (tertiary/aromatic N) is 4. The van der Waals surface area contributed by atoms with Crippen LogP contribution in [0.25, 0.3) is 11.1 Å². The van der Waals surface area contributed by atoms with E-state index < -0.39 is 11.7 Å². The lowest BCUT2D eigenvalue weighted by Crippen LogP contribution is -2.15. The van der Waals surface area contributed by atoms with Gasteiger partial charge in [-0.2, -0.15) is 0 Å². The smallest absolute Gasteiger partial charge is 0.258 e. The van der Waals surface area contributed by atoms with Gasteiger partial charge in [-0.3, -0.25) is 14.9 Å². The Bertz CT molecular complexity index is 1050. The van der Waals surface area contributed by atoms with Crippen LogP contribution in [-0.4, -0.2) is 32.0 Å².